The number of pyridine rings is 1. The molecule has 0 bridgehead atoms. The second kappa shape index (κ2) is 7.36. The number of aryl methyl sites for hydroxylation is 1. The Morgan fingerprint density at radius 3 is 2.43 bits per heavy atom. The second-order valence-corrected chi connectivity index (χ2v) is 5.27. The summed E-state index contributed by atoms with van der Waals surface area (Å²) in [7, 11) is 0. The fourth-order valence-electron chi connectivity index (χ4n) is 2.41. The molecule has 0 aliphatic carbocycles. The number of carbonyl (C=O) groups excluding carboxylic acids is 1. The number of hydrogen-bond donors (Lipinski definition) is 0. The van der Waals surface area contributed by atoms with Crippen molar-refractivity contribution in [1.29, 1.82) is 0 Å². The molecule has 3 heteroatoms. The lowest BCUT2D eigenvalue weighted by molar-refractivity contribution is 0.112. The van der Waals surface area contributed by atoms with Gasteiger partial charge in [-0.25, -0.2) is 0 Å². The van der Waals surface area contributed by atoms with Crippen LogP contribution in [0, 0.1) is 6.92 Å². The van der Waals surface area contributed by atoms with Crippen LogP contribution in [0.2, 0.25) is 0 Å². The molecule has 1 heterocycles. The predicted octanol–water partition coefficient (Wildman–Crippen LogP) is 3.77. The minimum absolute atomic E-state index is 0.185. The van der Waals surface area contributed by atoms with Crippen LogP contribution in [0.4, 0.5) is 0 Å². The molecule has 3 nitrogen and oxygen atoms in total. The molecule has 0 fully saturated rings. The van der Waals surface area contributed by atoms with Crippen LogP contribution in [0.15, 0.2) is 72.8 Å². The molecule has 0 saturated heterocycles. The fraction of sp³-hybridized carbons (Fsp3) is 0.100. The van der Waals surface area contributed by atoms with E-state index >= 15 is 0 Å². The summed E-state index contributed by atoms with van der Waals surface area (Å²) in [5.41, 5.74) is 3.69. The van der Waals surface area contributed by atoms with Gasteiger partial charge < -0.3 is 4.57 Å². The van der Waals surface area contributed by atoms with Crippen molar-refractivity contribution in [2.24, 2.45) is 0 Å². The van der Waals surface area contributed by atoms with Crippen LogP contribution >= 0.6 is 0 Å². The SMILES string of the molecule is C=C/C=C(\C=C)c1ccc(Cn2cc(C)c(=O)c(C=O)c2)cc1. The highest BCUT2D eigenvalue weighted by Crippen LogP contribution is 2.17. The summed E-state index contributed by atoms with van der Waals surface area (Å²) >= 11 is 0. The maximum atomic E-state index is 11.8. The average molecular weight is 305 g/mol. The Hall–Kier alpha value is -2.94. The van der Waals surface area contributed by atoms with E-state index in [0.717, 1.165) is 16.7 Å². The van der Waals surface area contributed by atoms with Crippen molar-refractivity contribution in [3.63, 3.8) is 0 Å². The van der Waals surface area contributed by atoms with E-state index in [0.29, 0.717) is 18.4 Å². The molecule has 0 amide bonds. The third-order valence-electron chi connectivity index (χ3n) is 3.58. The van der Waals surface area contributed by atoms with Gasteiger partial charge in [0.25, 0.3) is 0 Å². The Bertz CT molecular complexity index is 824. The average Bonchev–Trinajstić information content (AvgIpc) is 2.56. The zero-order chi connectivity index (χ0) is 16.8. The molecule has 116 valence electrons. The number of rotatable bonds is 6. The molecular weight excluding hydrogens is 286 g/mol. The van der Waals surface area contributed by atoms with Crippen LogP contribution in [0.25, 0.3) is 5.57 Å². The molecule has 0 atom stereocenters. The van der Waals surface area contributed by atoms with Gasteiger partial charge in [-0.2, -0.15) is 0 Å². The van der Waals surface area contributed by atoms with E-state index in [2.05, 4.69) is 13.2 Å². The van der Waals surface area contributed by atoms with Crippen LogP contribution < -0.4 is 5.43 Å². The van der Waals surface area contributed by atoms with E-state index in [-0.39, 0.29) is 11.0 Å². The number of hydrogen-bond acceptors (Lipinski definition) is 2. The fourth-order valence-corrected chi connectivity index (χ4v) is 2.41. The third kappa shape index (κ3) is 3.83. The van der Waals surface area contributed by atoms with Crippen molar-refractivity contribution in [2.45, 2.75) is 13.5 Å². The van der Waals surface area contributed by atoms with E-state index in [4.69, 9.17) is 0 Å². The van der Waals surface area contributed by atoms with E-state index in [1.54, 1.807) is 31.5 Å². The van der Waals surface area contributed by atoms with Crippen LogP contribution in [0.5, 0.6) is 0 Å². The first-order valence-corrected chi connectivity index (χ1v) is 7.29. The summed E-state index contributed by atoms with van der Waals surface area (Å²) in [4.78, 5) is 22.7. The van der Waals surface area contributed by atoms with Crippen LogP contribution in [0.3, 0.4) is 0 Å². The monoisotopic (exact) mass is 305 g/mol. The number of allylic oxidation sites excluding steroid dienone is 4. The largest absolute Gasteiger partial charge is 0.349 e. The minimum atomic E-state index is -0.211. The molecule has 0 aliphatic heterocycles. The van der Waals surface area contributed by atoms with Crippen LogP contribution in [0.1, 0.15) is 27.0 Å². The lowest BCUT2D eigenvalue weighted by Crippen LogP contribution is -2.15. The first-order chi connectivity index (χ1) is 11.1. The van der Waals surface area contributed by atoms with E-state index in [1.165, 1.54) is 0 Å². The summed E-state index contributed by atoms with van der Waals surface area (Å²) < 4.78 is 1.85. The van der Waals surface area contributed by atoms with Crippen molar-refractivity contribution in [1.82, 2.24) is 4.57 Å². The van der Waals surface area contributed by atoms with Gasteiger partial charge in [0.1, 0.15) is 0 Å². The minimum Gasteiger partial charge on any atom is -0.349 e. The number of carbonyl (C=O) groups is 1. The molecule has 1 aromatic carbocycles. The van der Waals surface area contributed by atoms with E-state index in [1.807, 2.05) is 34.9 Å². The van der Waals surface area contributed by atoms with Crippen molar-refractivity contribution in [3.05, 3.63) is 101 Å². The Morgan fingerprint density at radius 1 is 1.17 bits per heavy atom. The highest BCUT2D eigenvalue weighted by molar-refractivity contribution is 5.75. The number of aldehydes is 1. The molecule has 2 rings (SSSR count). The van der Waals surface area contributed by atoms with Crippen molar-refractivity contribution >= 4 is 11.9 Å². The zero-order valence-electron chi connectivity index (χ0n) is 13.2. The molecule has 1 aromatic heterocycles. The first-order valence-electron chi connectivity index (χ1n) is 7.29. The highest BCUT2D eigenvalue weighted by atomic mass is 16.1. The Kier molecular flexibility index (Phi) is 5.26. The van der Waals surface area contributed by atoms with Gasteiger partial charge in [-0.1, -0.05) is 55.7 Å². The van der Waals surface area contributed by atoms with Crippen LogP contribution in [-0.4, -0.2) is 10.9 Å². The molecular formula is C20H19NO2. The molecule has 0 saturated carbocycles. The number of nitrogens with zero attached hydrogens (tertiary/aromatic N) is 1. The van der Waals surface area contributed by atoms with E-state index in [9.17, 15) is 9.59 Å². The van der Waals surface area contributed by atoms with Crippen molar-refractivity contribution in [2.75, 3.05) is 0 Å². The van der Waals surface area contributed by atoms with Gasteiger partial charge in [0.2, 0.25) is 0 Å². The smallest absolute Gasteiger partial charge is 0.194 e. The van der Waals surface area contributed by atoms with Gasteiger partial charge in [0.05, 0.1) is 5.56 Å². The normalized spacial score (nSPS) is 11.1. The molecule has 2 aromatic rings. The Labute approximate surface area is 135 Å². The summed E-state index contributed by atoms with van der Waals surface area (Å²) in [5, 5.41) is 0. The summed E-state index contributed by atoms with van der Waals surface area (Å²) in [6.45, 7) is 9.81. The first kappa shape index (κ1) is 16.4. The van der Waals surface area contributed by atoms with Gasteiger partial charge in [0.15, 0.2) is 11.7 Å². The maximum absolute atomic E-state index is 11.8. The standard InChI is InChI=1S/C20H19NO2/c1-4-6-17(5-2)18-9-7-16(8-10-18)12-21-11-15(3)20(23)19(13-21)14-22/h4-11,13-14H,1-2,12H2,3H3/b17-6+. The second-order valence-electron chi connectivity index (χ2n) is 5.27. The predicted molar refractivity (Wildman–Crippen MR) is 94.7 cm³/mol. The summed E-state index contributed by atoms with van der Waals surface area (Å²) in [5.74, 6) is 0. The molecule has 23 heavy (non-hydrogen) atoms. The molecule has 0 unspecified atom stereocenters. The topological polar surface area (TPSA) is 39.1 Å². The molecule has 0 spiro atoms. The zero-order valence-corrected chi connectivity index (χ0v) is 13.2. The highest BCUT2D eigenvalue weighted by Gasteiger charge is 2.04. The number of benzene rings is 1. The van der Waals surface area contributed by atoms with Crippen molar-refractivity contribution < 1.29 is 4.79 Å². The lowest BCUT2D eigenvalue weighted by atomic mass is 10.0. The van der Waals surface area contributed by atoms with Gasteiger partial charge in [0, 0.05) is 24.5 Å². The van der Waals surface area contributed by atoms with Crippen LogP contribution in [-0.2, 0) is 6.54 Å². The van der Waals surface area contributed by atoms with Crippen molar-refractivity contribution in [3.8, 4) is 0 Å². The van der Waals surface area contributed by atoms with Gasteiger partial charge >= 0.3 is 0 Å². The summed E-state index contributed by atoms with van der Waals surface area (Å²) in [6, 6.07) is 8.07. The maximum Gasteiger partial charge on any atom is 0.194 e. The quantitative estimate of drug-likeness (QED) is 0.602. The summed E-state index contributed by atoms with van der Waals surface area (Å²) in [6.07, 6.45) is 9.38. The number of aromatic nitrogens is 1. The lowest BCUT2D eigenvalue weighted by Gasteiger charge is -2.10. The van der Waals surface area contributed by atoms with Gasteiger partial charge in [-0.3, -0.25) is 9.59 Å². The Balaban J connectivity index is 2.28. The van der Waals surface area contributed by atoms with E-state index < -0.39 is 0 Å². The molecule has 0 N–H and O–H groups in total. The molecule has 0 radical (unpaired) electrons. The Morgan fingerprint density at radius 2 is 1.87 bits per heavy atom. The van der Waals surface area contributed by atoms with Gasteiger partial charge in [-0.15, -0.1) is 0 Å². The molecule has 0 aliphatic rings. The third-order valence-corrected chi connectivity index (χ3v) is 3.58. The van der Waals surface area contributed by atoms with Gasteiger partial charge in [-0.05, 0) is 23.6 Å².